The fraction of sp³-hybridized carbons (Fsp3) is 0.158. The normalized spacial score (nSPS) is 10.7. The van der Waals surface area contributed by atoms with E-state index in [1.54, 1.807) is 13.1 Å². The SMILES string of the molecule is CNc1ccc(/C=C(\C#N)C(=O)NCCc2ccccc2)cc1[N+](=O)[O-]. The lowest BCUT2D eigenvalue weighted by molar-refractivity contribution is -0.384. The van der Waals surface area contributed by atoms with E-state index in [0.29, 0.717) is 24.2 Å². The standard InChI is InChI=1S/C19H18N4O3/c1-21-17-8-7-15(12-18(17)23(25)26)11-16(13-20)19(24)22-10-9-14-5-3-2-4-6-14/h2-8,11-12,21H,9-10H2,1H3,(H,22,24)/b16-11+. The van der Waals surface area contributed by atoms with Crippen molar-refractivity contribution in [2.45, 2.75) is 6.42 Å². The second-order valence-electron chi connectivity index (χ2n) is 5.45. The van der Waals surface area contributed by atoms with Gasteiger partial charge < -0.3 is 10.6 Å². The Hall–Kier alpha value is -3.66. The van der Waals surface area contributed by atoms with Crippen LogP contribution in [0.3, 0.4) is 0 Å². The van der Waals surface area contributed by atoms with Crippen LogP contribution in [-0.2, 0) is 11.2 Å². The molecule has 0 fully saturated rings. The number of carbonyl (C=O) groups is 1. The number of nitro groups is 1. The van der Waals surface area contributed by atoms with E-state index in [1.807, 2.05) is 36.4 Å². The van der Waals surface area contributed by atoms with Gasteiger partial charge in [0.15, 0.2) is 0 Å². The molecule has 0 unspecified atom stereocenters. The van der Waals surface area contributed by atoms with E-state index < -0.39 is 10.8 Å². The van der Waals surface area contributed by atoms with Gasteiger partial charge in [-0.1, -0.05) is 36.4 Å². The molecule has 7 nitrogen and oxygen atoms in total. The van der Waals surface area contributed by atoms with Crippen LogP contribution >= 0.6 is 0 Å². The lowest BCUT2D eigenvalue weighted by atomic mass is 10.1. The molecule has 0 radical (unpaired) electrons. The molecule has 0 spiro atoms. The van der Waals surface area contributed by atoms with Crippen molar-refractivity contribution in [1.82, 2.24) is 5.32 Å². The Morgan fingerprint density at radius 1 is 1.27 bits per heavy atom. The Morgan fingerprint density at radius 2 is 2.00 bits per heavy atom. The Balaban J connectivity index is 2.09. The van der Waals surface area contributed by atoms with Gasteiger partial charge in [-0.05, 0) is 29.7 Å². The first-order chi connectivity index (χ1) is 12.5. The van der Waals surface area contributed by atoms with Gasteiger partial charge in [0.1, 0.15) is 17.3 Å². The van der Waals surface area contributed by atoms with Crippen molar-refractivity contribution in [1.29, 1.82) is 5.26 Å². The second kappa shape index (κ2) is 8.99. The lowest BCUT2D eigenvalue weighted by Gasteiger charge is -2.05. The summed E-state index contributed by atoms with van der Waals surface area (Å²) >= 11 is 0. The van der Waals surface area contributed by atoms with Crippen LogP contribution in [0.15, 0.2) is 54.1 Å². The summed E-state index contributed by atoms with van der Waals surface area (Å²) in [4.78, 5) is 22.7. The summed E-state index contributed by atoms with van der Waals surface area (Å²) in [7, 11) is 1.58. The van der Waals surface area contributed by atoms with Gasteiger partial charge >= 0.3 is 0 Å². The fourth-order valence-electron chi connectivity index (χ4n) is 2.38. The predicted octanol–water partition coefficient (Wildman–Crippen LogP) is 2.90. The van der Waals surface area contributed by atoms with Crippen molar-refractivity contribution in [3.8, 4) is 6.07 Å². The average Bonchev–Trinajstić information content (AvgIpc) is 2.66. The number of carbonyl (C=O) groups excluding carboxylic acids is 1. The molecule has 0 bridgehead atoms. The van der Waals surface area contributed by atoms with Crippen molar-refractivity contribution >= 4 is 23.4 Å². The van der Waals surface area contributed by atoms with E-state index in [2.05, 4.69) is 10.6 Å². The molecule has 7 heteroatoms. The number of nitro benzene ring substituents is 1. The molecule has 0 saturated carbocycles. The highest BCUT2D eigenvalue weighted by Crippen LogP contribution is 2.26. The number of benzene rings is 2. The number of amides is 1. The molecule has 0 heterocycles. The number of hydrogen-bond donors (Lipinski definition) is 2. The van der Waals surface area contributed by atoms with E-state index >= 15 is 0 Å². The molecular formula is C19H18N4O3. The van der Waals surface area contributed by atoms with Crippen LogP contribution in [0.25, 0.3) is 6.08 Å². The van der Waals surface area contributed by atoms with Crippen LogP contribution in [0.5, 0.6) is 0 Å². The zero-order chi connectivity index (χ0) is 18.9. The van der Waals surface area contributed by atoms with Gasteiger partial charge in [0, 0.05) is 19.7 Å². The number of nitriles is 1. The van der Waals surface area contributed by atoms with E-state index in [9.17, 15) is 20.2 Å². The second-order valence-corrected chi connectivity index (χ2v) is 5.45. The summed E-state index contributed by atoms with van der Waals surface area (Å²) < 4.78 is 0. The Morgan fingerprint density at radius 3 is 2.62 bits per heavy atom. The van der Waals surface area contributed by atoms with Gasteiger partial charge in [-0.2, -0.15) is 5.26 Å². The quantitative estimate of drug-likeness (QED) is 0.345. The van der Waals surface area contributed by atoms with Gasteiger partial charge in [-0.15, -0.1) is 0 Å². The minimum Gasteiger partial charge on any atom is -0.383 e. The van der Waals surface area contributed by atoms with E-state index in [0.717, 1.165) is 5.56 Å². The smallest absolute Gasteiger partial charge is 0.292 e. The van der Waals surface area contributed by atoms with E-state index in [4.69, 9.17) is 0 Å². The molecular weight excluding hydrogens is 332 g/mol. The highest BCUT2D eigenvalue weighted by atomic mass is 16.6. The molecule has 0 saturated heterocycles. The third-order valence-corrected chi connectivity index (χ3v) is 3.71. The van der Waals surface area contributed by atoms with Gasteiger partial charge in [-0.3, -0.25) is 14.9 Å². The van der Waals surface area contributed by atoms with E-state index in [1.165, 1.54) is 18.2 Å². The predicted molar refractivity (Wildman–Crippen MR) is 99.4 cm³/mol. The van der Waals surface area contributed by atoms with Crippen LogP contribution in [0.4, 0.5) is 11.4 Å². The van der Waals surface area contributed by atoms with Crippen molar-refractivity contribution in [3.05, 3.63) is 75.3 Å². The number of nitrogens with zero attached hydrogens (tertiary/aromatic N) is 2. The minimum atomic E-state index is -0.519. The summed E-state index contributed by atoms with van der Waals surface area (Å²) in [6, 6.07) is 16.0. The maximum Gasteiger partial charge on any atom is 0.292 e. The van der Waals surface area contributed by atoms with Crippen molar-refractivity contribution in [3.63, 3.8) is 0 Å². The fourth-order valence-corrected chi connectivity index (χ4v) is 2.38. The number of nitrogens with one attached hydrogen (secondary N) is 2. The topological polar surface area (TPSA) is 108 Å². The number of rotatable bonds is 7. The van der Waals surface area contributed by atoms with Crippen LogP contribution in [0, 0.1) is 21.4 Å². The number of anilines is 1. The maximum absolute atomic E-state index is 12.2. The first kappa shape index (κ1) is 18.7. The molecule has 26 heavy (non-hydrogen) atoms. The molecule has 0 aromatic heterocycles. The van der Waals surface area contributed by atoms with Crippen molar-refractivity contribution in [2.75, 3.05) is 18.9 Å². The molecule has 2 aromatic carbocycles. The van der Waals surface area contributed by atoms with E-state index in [-0.39, 0.29) is 11.3 Å². The van der Waals surface area contributed by atoms with Gasteiger partial charge in [0.05, 0.1) is 4.92 Å². The molecule has 0 atom stereocenters. The zero-order valence-electron chi connectivity index (χ0n) is 14.2. The van der Waals surface area contributed by atoms with Crippen molar-refractivity contribution < 1.29 is 9.72 Å². The highest BCUT2D eigenvalue weighted by molar-refractivity contribution is 6.01. The molecule has 0 aliphatic heterocycles. The minimum absolute atomic E-state index is 0.107. The summed E-state index contributed by atoms with van der Waals surface area (Å²) in [6.45, 7) is 0.390. The van der Waals surface area contributed by atoms with Gasteiger partial charge in [0.25, 0.3) is 11.6 Å². The Labute approximate surface area is 151 Å². The average molecular weight is 350 g/mol. The van der Waals surface area contributed by atoms with Crippen LogP contribution < -0.4 is 10.6 Å². The highest BCUT2D eigenvalue weighted by Gasteiger charge is 2.14. The summed E-state index contributed by atoms with van der Waals surface area (Å²) in [5, 5.41) is 25.7. The molecule has 2 rings (SSSR count). The first-order valence-electron chi connectivity index (χ1n) is 7.95. The van der Waals surface area contributed by atoms with Gasteiger partial charge in [-0.25, -0.2) is 0 Å². The Kier molecular flexibility index (Phi) is 6.46. The molecule has 132 valence electrons. The zero-order valence-corrected chi connectivity index (χ0v) is 14.2. The molecule has 2 N–H and O–H groups in total. The van der Waals surface area contributed by atoms with Gasteiger partial charge in [0.2, 0.25) is 0 Å². The maximum atomic E-state index is 12.2. The third kappa shape index (κ3) is 4.92. The first-order valence-corrected chi connectivity index (χ1v) is 7.95. The van der Waals surface area contributed by atoms with Crippen LogP contribution in [0.2, 0.25) is 0 Å². The summed E-state index contributed by atoms with van der Waals surface area (Å²) in [5.74, 6) is -0.510. The number of hydrogen-bond acceptors (Lipinski definition) is 5. The largest absolute Gasteiger partial charge is 0.383 e. The third-order valence-electron chi connectivity index (χ3n) is 3.71. The van der Waals surface area contributed by atoms with Crippen LogP contribution in [0.1, 0.15) is 11.1 Å². The molecule has 1 amide bonds. The summed E-state index contributed by atoms with van der Waals surface area (Å²) in [5.41, 5.74) is 1.62. The monoisotopic (exact) mass is 350 g/mol. The van der Waals surface area contributed by atoms with Crippen LogP contribution in [-0.4, -0.2) is 24.4 Å². The lowest BCUT2D eigenvalue weighted by Crippen LogP contribution is -2.26. The molecule has 0 aliphatic carbocycles. The summed E-state index contributed by atoms with van der Waals surface area (Å²) in [6.07, 6.45) is 1.98. The van der Waals surface area contributed by atoms with Crippen molar-refractivity contribution in [2.24, 2.45) is 0 Å². The molecule has 2 aromatic rings. The Bertz CT molecular complexity index is 870. The molecule has 0 aliphatic rings.